The first-order valence-electron chi connectivity index (χ1n) is 23.1. The van der Waals surface area contributed by atoms with Gasteiger partial charge >= 0.3 is 0 Å². The first-order valence-corrected chi connectivity index (χ1v) is 23.9. The van der Waals surface area contributed by atoms with Crippen LogP contribution < -0.4 is 0 Å². The van der Waals surface area contributed by atoms with Crippen LogP contribution in [0.4, 0.5) is 0 Å². The molecule has 0 N–H and O–H groups in total. The van der Waals surface area contributed by atoms with Crippen molar-refractivity contribution in [3.8, 4) is 67.5 Å². The fraction of sp³-hybridized carbons (Fsp3) is 0.0317. The number of hydrogen-bond donors (Lipinski definition) is 0. The number of hydrogen-bond acceptors (Lipinski definition) is 4. The molecule has 4 heteroatoms. The van der Waals surface area contributed by atoms with Crippen molar-refractivity contribution in [2.24, 2.45) is 0 Å². The molecule has 0 fully saturated rings. The number of aryl methyl sites for hydroxylation is 1. The quantitative estimate of drug-likeness (QED) is 0.162. The fourth-order valence-electron chi connectivity index (χ4n) is 11.0. The minimum Gasteiger partial charge on any atom is -0.208 e. The summed E-state index contributed by atoms with van der Waals surface area (Å²) in [7, 11) is 0. The molecule has 0 bridgehead atoms. The highest BCUT2D eigenvalue weighted by Gasteiger charge is 2.25. The maximum Gasteiger partial charge on any atom is 0.164 e. The van der Waals surface area contributed by atoms with E-state index < -0.39 is 0 Å². The molecule has 13 aromatic rings. The minimum absolute atomic E-state index is 0.647. The Morgan fingerprint density at radius 2 is 0.836 bits per heavy atom. The maximum absolute atomic E-state index is 5.45. The normalized spacial score (nSPS) is 12.4. The van der Waals surface area contributed by atoms with Crippen LogP contribution in [0.25, 0.3) is 131 Å². The lowest BCUT2D eigenvalue weighted by atomic mass is 9.79. The number of rotatable bonds is 5. The summed E-state index contributed by atoms with van der Waals surface area (Å²) < 4.78 is 2.60. The van der Waals surface area contributed by atoms with Crippen molar-refractivity contribution in [1.29, 1.82) is 0 Å². The molecule has 0 saturated heterocycles. The predicted octanol–water partition coefficient (Wildman–Crippen LogP) is 17.0. The Kier molecular flexibility index (Phi) is 8.58. The number of nitrogens with zero attached hydrogens (tertiary/aromatic N) is 3. The van der Waals surface area contributed by atoms with Gasteiger partial charge in [0.25, 0.3) is 0 Å². The lowest BCUT2D eigenvalue weighted by molar-refractivity contribution is 0.943. The summed E-state index contributed by atoms with van der Waals surface area (Å²) in [4.78, 5) is 16.2. The summed E-state index contributed by atoms with van der Waals surface area (Å²) in [5.74, 6) is 1.97. The van der Waals surface area contributed by atoms with Crippen LogP contribution in [0.3, 0.4) is 0 Å². The molecule has 11 aromatic carbocycles. The van der Waals surface area contributed by atoms with E-state index in [-0.39, 0.29) is 0 Å². The van der Waals surface area contributed by atoms with Crippen molar-refractivity contribution in [2.75, 3.05) is 0 Å². The van der Waals surface area contributed by atoms with Crippen molar-refractivity contribution >= 4 is 74.6 Å². The van der Waals surface area contributed by atoms with Crippen molar-refractivity contribution in [1.82, 2.24) is 15.0 Å². The van der Waals surface area contributed by atoms with Gasteiger partial charge in [-0.3, -0.25) is 0 Å². The molecule has 0 amide bonds. The number of fused-ring (bicyclic) bond motifs is 13. The SMILES string of the molecule is c1cc2c(c(-c3cccc4ccccc34)c1)CCc1cccc(-c3nc(-c4ccc(-c5cccc6c5sc5ccccc56)cc4)nc(-c4ccc5c6ccccc6c6ccccc6c5c4)n3)c1-2. The van der Waals surface area contributed by atoms with Gasteiger partial charge in [0.1, 0.15) is 0 Å². The first kappa shape index (κ1) is 38.0. The van der Waals surface area contributed by atoms with Crippen molar-refractivity contribution < 1.29 is 0 Å². The van der Waals surface area contributed by atoms with Gasteiger partial charge in [-0.2, -0.15) is 0 Å². The average Bonchev–Trinajstić information content (AvgIpc) is 3.79. The van der Waals surface area contributed by atoms with Crippen molar-refractivity contribution in [3.05, 3.63) is 223 Å². The average molecular weight is 870 g/mol. The molecule has 0 atom stereocenters. The van der Waals surface area contributed by atoms with Crippen LogP contribution in [0.5, 0.6) is 0 Å². The van der Waals surface area contributed by atoms with Crippen LogP contribution in [0.15, 0.2) is 212 Å². The summed E-state index contributed by atoms with van der Waals surface area (Å²) in [6.45, 7) is 0. The molecule has 1 aliphatic carbocycles. The molecular formula is C63H39N3S. The molecule has 0 unspecified atom stereocenters. The molecule has 0 saturated carbocycles. The van der Waals surface area contributed by atoms with E-state index >= 15 is 0 Å². The highest BCUT2D eigenvalue weighted by Crippen LogP contribution is 2.46. The number of thiophene rings is 1. The fourth-order valence-corrected chi connectivity index (χ4v) is 12.2. The number of aromatic nitrogens is 3. The molecular weight excluding hydrogens is 831 g/mol. The van der Waals surface area contributed by atoms with Gasteiger partial charge in [0.2, 0.25) is 0 Å². The lowest BCUT2D eigenvalue weighted by Crippen LogP contribution is -2.08. The molecule has 3 nitrogen and oxygen atoms in total. The summed E-state index contributed by atoms with van der Waals surface area (Å²) in [6.07, 6.45) is 1.89. The molecule has 2 heterocycles. The van der Waals surface area contributed by atoms with E-state index in [1.54, 1.807) is 0 Å². The van der Waals surface area contributed by atoms with Gasteiger partial charge in [0, 0.05) is 36.9 Å². The van der Waals surface area contributed by atoms with Crippen LogP contribution in [0.1, 0.15) is 11.1 Å². The predicted molar refractivity (Wildman–Crippen MR) is 283 cm³/mol. The van der Waals surface area contributed by atoms with E-state index in [9.17, 15) is 0 Å². The van der Waals surface area contributed by atoms with E-state index in [1.165, 1.54) is 108 Å². The Morgan fingerprint density at radius 1 is 0.313 bits per heavy atom. The van der Waals surface area contributed by atoms with Gasteiger partial charge in [-0.1, -0.05) is 200 Å². The Morgan fingerprint density at radius 3 is 1.64 bits per heavy atom. The summed E-state index contributed by atoms with van der Waals surface area (Å²) in [6, 6.07) is 77.2. The third-order valence-electron chi connectivity index (χ3n) is 14.1. The maximum atomic E-state index is 5.45. The monoisotopic (exact) mass is 869 g/mol. The first-order chi connectivity index (χ1) is 33.2. The zero-order valence-electron chi connectivity index (χ0n) is 36.4. The molecule has 312 valence electrons. The highest BCUT2D eigenvalue weighted by atomic mass is 32.1. The van der Waals surface area contributed by atoms with E-state index in [0.717, 1.165) is 29.5 Å². The molecule has 0 radical (unpaired) electrons. The molecule has 67 heavy (non-hydrogen) atoms. The third-order valence-corrected chi connectivity index (χ3v) is 15.3. The molecule has 2 aromatic heterocycles. The zero-order valence-corrected chi connectivity index (χ0v) is 37.2. The van der Waals surface area contributed by atoms with Crippen LogP contribution in [-0.2, 0) is 12.8 Å². The molecule has 1 aliphatic rings. The van der Waals surface area contributed by atoms with Crippen LogP contribution >= 0.6 is 11.3 Å². The minimum atomic E-state index is 0.647. The van der Waals surface area contributed by atoms with Gasteiger partial charge in [-0.25, -0.2) is 15.0 Å². The van der Waals surface area contributed by atoms with Crippen LogP contribution in [0, 0.1) is 0 Å². The molecule has 14 rings (SSSR count). The third kappa shape index (κ3) is 6.07. The number of benzene rings is 11. The summed E-state index contributed by atoms with van der Waals surface area (Å²) >= 11 is 1.86. The lowest BCUT2D eigenvalue weighted by Gasteiger charge is -2.25. The Hall–Kier alpha value is -8.31. The Labute approximate surface area is 391 Å². The second kappa shape index (κ2) is 15.1. The largest absolute Gasteiger partial charge is 0.208 e. The Bertz CT molecular complexity index is 4120. The van der Waals surface area contributed by atoms with E-state index in [4.69, 9.17) is 15.0 Å². The van der Waals surface area contributed by atoms with Crippen LogP contribution in [0.2, 0.25) is 0 Å². The second-order valence-corrected chi connectivity index (χ2v) is 18.8. The van der Waals surface area contributed by atoms with Gasteiger partial charge in [-0.05, 0) is 113 Å². The van der Waals surface area contributed by atoms with Gasteiger partial charge < -0.3 is 0 Å². The van der Waals surface area contributed by atoms with Gasteiger partial charge in [-0.15, -0.1) is 11.3 Å². The molecule has 0 spiro atoms. The van der Waals surface area contributed by atoms with Gasteiger partial charge in [0.05, 0.1) is 0 Å². The van der Waals surface area contributed by atoms with Crippen molar-refractivity contribution in [2.45, 2.75) is 12.8 Å². The summed E-state index contributed by atoms with van der Waals surface area (Å²) in [5, 5.41) is 12.5. The standard InChI is InChI=1S/C63H39N3S/c1-2-16-43-38(13-1)14-9-23-45(43)49-24-12-25-54-51(49)35-33-40-15-10-27-56(59(40)54)63-65-61(41-31-29-39(30-32-41)44-22-11-26-55-53-21-7-8-28-58(53)67-60(44)55)64-62(66-63)42-34-36-52-48-19-4-3-17-46(48)47-18-5-6-20-50(47)57(52)37-42/h1-32,34,36-37H,33,35H2. The van der Waals surface area contributed by atoms with E-state index in [0.29, 0.717) is 17.5 Å². The molecule has 0 aliphatic heterocycles. The van der Waals surface area contributed by atoms with Crippen LogP contribution in [-0.4, -0.2) is 15.0 Å². The second-order valence-electron chi connectivity index (χ2n) is 17.7. The van der Waals surface area contributed by atoms with Crippen molar-refractivity contribution in [3.63, 3.8) is 0 Å². The zero-order chi connectivity index (χ0) is 44.0. The van der Waals surface area contributed by atoms with E-state index in [2.05, 4.69) is 212 Å². The smallest absolute Gasteiger partial charge is 0.164 e. The highest BCUT2D eigenvalue weighted by molar-refractivity contribution is 7.26. The topological polar surface area (TPSA) is 38.7 Å². The Balaban J connectivity index is 0.963. The van der Waals surface area contributed by atoms with Gasteiger partial charge in [0.15, 0.2) is 17.5 Å². The van der Waals surface area contributed by atoms with E-state index in [1.807, 2.05) is 11.3 Å². The summed E-state index contributed by atoms with van der Waals surface area (Å²) in [5.41, 5.74) is 13.0.